The van der Waals surface area contributed by atoms with Crippen LogP contribution >= 0.6 is 0 Å². The molecule has 0 aliphatic rings. The molecular weight excluding hydrogens is 254 g/mol. The molecule has 0 radical (unpaired) electrons. The molecule has 0 rings (SSSR count). The predicted molar refractivity (Wildman–Crippen MR) is 66.2 cm³/mol. The molecule has 0 aromatic carbocycles. The van der Waals surface area contributed by atoms with Crippen molar-refractivity contribution < 1.29 is 28.6 Å². The van der Waals surface area contributed by atoms with Gasteiger partial charge in [-0.2, -0.15) is 0 Å². The summed E-state index contributed by atoms with van der Waals surface area (Å²) in [5.74, 6) is -1.94. The van der Waals surface area contributed by atoms with Crippen molar-refractivity contribution in [2.45, 2.75) is 26.3 Å². The maximum Gasteiger partial charge on any atom is 0.328 e. The lowest BCUT2D eigenvalue weighted by Gasteiger charge is -2.22. The molecule has 0 aliphatic carbocycles. The summed E-state index contributed by atoms with van der Waals surface area (Å²) in [5, 5.41) is 2.49. The van der Waals surface area contributed by atoms with Crippen LogP contribution in [0.15, 0.2) is 0 Å². The van der Waals surface area contributed by atoms with Crippen LogP contribution in [0.1, 0.15) is 20.3 Å². The zero-order valence-electron chi connectivity index (χ0n) is 11.7. The average molecular weight is 275 g/mol. The first-order valence-electron chi connectivity index (χ1n) is 5.97. The molecule has 1 amide bonds. The second kappa shape index (κ2) is 9.32. The fourth-order valence-electron chi connectivity index (χ4n) is 1.43. The van der Waals surface area contributed by atoms with Crippen molar-refractivity contribution >= 4 is 17.8 Å². The van der Waals surface area contributed by atoms with Crippen molar-refractivity contribution in [1.29, 1.82) is 0 Å². The van der Waals surface area contributed by atoms with E-state index in [1.807, 2.05) is 0 Å². The van der Waals surface area contributed by atoms with Crippen molar-refractivity contribution in [3.8, 4) is 0 Å². The van der Waals surface area contributed by atoms with Crippen LogP contribution in [-0.4, -0.2) is 51.3 Å². The highest BCUT2D eigenvalue weighted by Crippen LogP contribution is 2.11. The van der Waals surface area contributed by atoms with Gasteiger partial charge in [-0.1, -0.05) is 6.92 Å². The van der Waals surface area contributed by atoms with Gasteiger partial charge in [0, 0.05) is 6.61 Å². The van der Waals surface area contributed by atoms with Crippen LogP contribution in [0, 0.1) is 5.92 Å². The Morgan fingerprint density at radius 1 is 1.16 bits per heavy atom. The van der Waals surface area contributed by atoms with Gasteiger partial charge in [0.15, 0.2) is 0 Å². The molecule has 0 saturated carbocycles. The molecule has 7 heteroatoms. The number of rotatable bonds is 8. The molecule has 0 aromatic rings. The molecule has 0 bridgehead atoms. The van der Waals surface area contributed by atoms with Crippen LogP contribution in [-0.2, 0) is 28.6 Å². The number of methoxy groups -OCH3 is 2. The van der Waals surface area contributed by atoms with E-state index in [-0.39, 0.29) is 13.0 Å². The van der Waals surface area contributed by atoms with E-state index in [0.29, 0.717) is 6.61 Å². The molecule has 0 spiro atoms. The third kappa shape index (κ3) is 6.76. The van der Waals surface area contributed by atoms with E-state index >= 15 is 0 Å². The largest absolute Gasteiger partial charge is 0.469 e. The Balaban J connectivity index is 4.58. The number of hydrogen-bond donors (Lipinski definition) is 1. The third-order valence-electron chi connectivity index (χ3n) is 2.49. The lowest BCUT2D eigenvalue weighted by molar-refractivity contribution is -0.149. The zero-order valence-corrected chi connectivity index (χ0v) is 11.7. The van der Waals surface area contributed by atoms with Gasteiger partial charge in [0.05, 0.1) is 20.6 Å². The maximum atomic E-state index is 11.6. The number of carbonyl (C=O) groups is 3. The molecule has 0 aliphatic heterocycles. The molecule has 0 aromatic heterocycles. The summed E-state index contributed by atoms with van der Waals surface area (Å²) in [4.78, 5) is 34.3. The van der Waals surface area contributed by atoms with Gasteiger partial charge >= 0.3 is 11.9 Å². The van der Waals surface area contributed by atoms with E-state index < -0.39 is 29.8 Å². The van der Waals surface area contributed by atoms with Crippen molar-refractivity contribution in [2.24, 2.45) is 5.92 Å². The first-order valence-corrected chi connectivity index (χ1v) is 5.97. The van der Waals surface area contributed by atoms with E-state index in [4.69, 9.17) is 4.74 Å². The minimum Gasteiger partial charge on any atom is -0.469 e. The molecular formula is C12H21NO6. The minimum atomic E-state index is -0.906. The minimum absolute atomic E-state index is 0.00514. The molecule has 0 heterocycles. The lowest BCUT2D eigenvalue weighted by atomic mass is 9.98. The summed E-state index contributed by atoms with van der Waals surface area (Å²) in [6.07, 6.45) is 0.00514. The third-order valence-corrected chi connectivity index (χ3v) is 2.49. The molecule has 2 atom stereocenters. The Labute approximate surface area is 112 Å². The fraction of sp³-hybridized carbons (Fsp3) is 0.750. The Morgan fingerprint density at radius 3 is 2.26 bits per heavy atom. The Bertz CT molecular complexity index is 317. The molecule has 19 heavy (non-hydrogen) atoms. The highest BCUT2D eigenvalue weighted by atomic mass is 16.5. The molecule has 0 fully saturated rings. The molecule has 110 valence electrons. The van der Waals surface area contributed by atoms with Crippen LogP contribution in [0.5, 0.6) is 0 Å². The Kier molecular flexibility index (Phi) is 8.52. The summed E-state index contributed by atoms with van der Waals surface area (Å²) < 4.78 is 14.1. The first kappa shape index (κ1) is 17.4. The maximum absolute atomic E-state index is 11.6. The van der Waals surface area contributed by atoms with E-state index in [0.717, 1.165) is 0 Å². The van der Waals surface area contributed by atoms with Gasteiger partial charge in [-0.15, -0.1) is 0 Å². The van der Waals surface area contributed by atoms with Crippen LogP contribution in [0.3, 0.4) is 0 Å². The second-order valence-electron chi connectivity index (χ2n) is 3.96. The molecule has 0 unspecified atom stereocenters. The van der Waals surface area contributed by atoms with Gasteiger partial charge in [-0.05, 0) is 12.8 Å². The van der Waals surface area contributed by atoms with Gasteiger partial charge in [0.1, 0.15) is 12.6 Å². The summed E-state index contributed by atoms with van der Waals surface area (Å²) >= 11 is 0. The van der Waals surface area contributed by atoms with E-state index in [1.54, 1.807) is 13.8 Å². The van der Waals surface area contributed by atoms with Crippen LogP contribution < -0.4 is 5.32 Å². The van der Waals surface area contributed by atoms with E-state index in [9.17, 15) is 14.4 Å². The van der Waals surface area contributed by atoms with Crippen LogP contribution in [0.4, 0.5) is 0 Å². The highest BCUT2D eigenvalue weighted by molar-refractivity contribution is 5.85. The monoisotopic (exact) mass is 275 g/mol. The summed E-state index contributed by atoms with van der Waals surface area (Å²) in [6.45, 7) is 3.66. The SMILES string of the molecule is CCOCC(=O)N[C@H](C(=O)OC)[C@H](C)CC(=O)OC. The zero-order chi connectivity index (χ0) is 14.8. The van der Waals surface area contributed by atoms with Crippen molar-refractivity contribution in [3.63, 3.8) is 0 Å². The fourth-order valence-corrected chi connectivity index (χ4v) is 1.43. The van der Waals surface area contributed by atoms with Gasteiger partial charge in [0.2, 0.25) is 5.91 Å². The van der Waals surface area contributed by atoms with Gasteiger partial charge in [-0.25, -0.2) is 4.79 Å². The van der Waals surface area contributed by atoms with Crippen molar-refractivity contribution in [1.82, 2.24) is 5.32 Å². The number of amides is 1. The number of nitrogens with one attached hydrogen (secondary N) is 1. The summed E-state index contributed by atoms with van der Waals surface area (Å²) in [7, 11) is 2.48. The summed E-state index contributed by atoms with van der Waals surface area (Å²) in [5.41, 5.74) is 0. The van der Waals surface area contributed by atoms with E-state index in [1.165, 1.54) is 14.2 Å². The van der Waals surface area contributed by atoms with Gasteiger partial charge < -0.3 is 19.5 Å². The molecule has 7 nitrogen and oxygen atoms in total. The second-order valence-corrected chi connectivity index (χ2v) is 3.96. The number of hydrogen-bond acceptors (Lipinski definition) is 6. The Hall–Kier alpha value is -1.63. The van der Waals surface area contributed by atoms with Crippen LogP contribution in [0.2, 0.25) is 0 Å². The van der Waals surface area contributed by atoms with Gasteiger partial charge in [0.25, 0.3) is 0 Å². The number of esters is 2. The van der Waals surface area contributed by atoms with Crippen molar-refractivity contribution in [3.05, 3.63) is 0 Å². The van der Waals surface area contributed by atoms with E-state index in [2.05, 4.69) is 14.8 Å². The average Bonchev–Trinajstić information content (AvgIpc) is 2.41. The normalized spacial score (nSPS) is 13.3. The topological polar surface area (TPSA) is 90.9 Å². The highest BCUT2D eigenvalue weighted by Gasteiger charge is 2.29. The Morgan fingerprint density at radius 2 is 1.79 bits per heavy atom. The lowest BCUT2D eigenvalue weighted by Crippen LogP contribution is -2.47. The standard InChI is InChI=1S/C12H21NO6/c1-5-19-7-9(14)13-11(12(16)18-4)8(2)6-10(15)17-3/h8,11H,5-7H2,1-4H3,(H,13,14)/t8-,11+/m1/s1. The smallest absolute Gasteiger partial charge is 0.328 e. The van der Waals surface area contributed by atoms with Crippen LogP contribution in [0.25, 0.3) is 0 Å². The molecule has 0 saturated heterocycles. The quantitative estimate of drug-likeness (QED) is 0.621. The van der Waals surface area contributed by atoms with Crippen molar-refractivity contribution in [2.75, 3.05) is 27.4 Å². The summed E-state index contributed by atoms with van der Waals surface area (Å²) in [6, 6.07) is -0.906. The predicted octanol–water partition coefficient (Wildman–Crippen LogP) is -0.120. The molecule has 1 N–H and O–H groups in total. The van der Waals surface area contributed by atoms with Gasteiger partial charge in [-0.3, -0.25) is 9.59 Å². The number of carbonyl (C=O) groups excluding carboxylic acids is 3. The first-order chi connectivity index (χ1) is 8.96. The number of ether oxygens (including phenoxy) is 3.